The smallest absolute Gasteiger partial charge is 0.323 e. The zero-order valence-electron chi connectivity index (χ0n) is 13.3. The van der Waals surface area contributed by atoms with Crippen LogP contribution in [0, 0.1) is 17.0 Å². The summed E-state index contributed by atoms with van der Waals surface area (Å²) in [6, 6.07) is 11.2. The zero-order chi connectivity index (χ0) is 17.5. The highest BCUT2D eigenvalue weighted by molar-refractivity contribution is 5.92. The largest absolute Gasteiger partial charge is 0.494 e. The van der Waals surface area contributed by atoms with Crippen molar-refractivity contribution in [3.8, 4) is 5.75 Å². The molecule has 0 bridgehead atoms. The number of hydrogen-bond donors (Lipinski definition) is 2. The Balaban J connectivity index is 2.02. The number of carbonyl (C=O) groups is 1. The molecule has 0 atom stereocenters. The van der Waals surface area contributed by atoms with Crippen molar-refractivity contribution in [3.63, 3.8) is 0 Å². The zero-order valence-corrected chi connectivity index (χ0v) is 13.3. The fraction of sp³-hybridized carbons (Fsp3) is 0.118. The molecule has 0 aromatic heterocycles. The van der Waals surface area contributed by atoms with Crippen molar-refractivity contribution in [1.29, 1.82) is 0 Å². The number of carbonyl (C=O) groups excluding carboxylic acids is 1. The lowest BCUT2D eigenvalue weighted by Crippen LogP contribution is -2.24. The number of methoxy groups -OCH3 is 1. The highest BCUT2D eigenvalue weighted by Gasteiger charge is 2.12. The Labute approximate surface area is 139 Å². The second-order valence-electron chi connectivity index (χ2n) is 4.93. The molecule has 0 spiro atoms. The van der Waals surface area contributed by atoms with Crippen LogP contribution in [-0.4, -0.2) is 18.1 Å². The van der Waals surface area contributed by atoms with Crippen molar-refractivity contribution in [1.82, 2.24) is 5.32 Å². The van der Waals surface area contributed by atoms with Gasteiger partial charge in [0.05, 0.1) is 23.8 Å². The molecule has 0 aliphatic carbocycles. The summed E-state index contributed by atoms with van der Waals surface area (Å²) in [5.74, 6) is 0.210. The lowest BCUT2D eigenvalue weighted by Gasteiger charge is -2.09. The van der Waals surface area contributed by atoms with Crippen molar-refractivity contribution in [3.05, 3.63) is 69.9 Å². The van der Waals surface area contributed by atoms with Gasteiger partial charge in [0.15, 0.2) is 0 Å². The Kier molecular flexibility index (Phi) is 5.51. The van der Waals surface area contributed by atoms with Crippen LogP contribution in [0.2, 0.25) is 0 Å². The quantitative estimate of drug-likeness (QED) is 0.646. The van der Waals surface area contributed by atoms with Gasteiger partial charge in [-0.15, -0.1) is 0 Å². The standard InChI is InChI=1S/C17H17N3O4/c1-12-5-3-4-6-13(12)9-10-18-17(21)19-15-8-7-14(20(22)23)11-16(15)24-2/h3-11H,1-2H3,(H2,18,19,21)/b10-9+. The Morgan fingerprint density at radius 3 is 2.67 bits per heavy atom. The SMILES string of the molecule is COc1cc([N+](=O)[O-])ccc1NC(=O)N/C=C/c1ccccc1C. The Bertz CT molecular complexity index is 787. The van der Waals surface area contributed by atoms with Crippen LogP contribution in [0.3, 0.4) is 0 Å². The number of benzene rings is 2. The van der Waals surface area contributed by atoms with Gasteiger partial charge in [-0.1, -0.05) is 24.3 Å². The maximum Gasteiger partial charge on any atom is 0.323 e. The van der Waals surface area contributed by atoms with Crippen LogP contribution >= 0.6 is 0 Å². The van der Waals surface area contributed by atoms with Crippen LogP contribution in [0.4, 0.5) is 16.2 Å². The van der Waals surface area contributed by atoms with E-state index in [1.165, 1.54) is 31.5 Å². The molecule has 0 unspecified atom stereocenters. The number of hydrogen-bond acceptors (Lipinski definition) is 4. The van der Waals surface area contributed by atoms with E-state index in [1.54, 1.807) is 6.08 Å². The summed E-state index contributed by atoms with van der Waals surface area (Å²) >= 11 is 0. The maximum absolute atomic E-state index is 11.9. The number of nitrogens with zero attached hydrogens (tertiary/aromatic N) is 1. The average Bonchev–Trinajstić information content (AvgIpc) is 2.56. The van der Waals surface area contributed by atoms with E-state index in [0.29, 0.717) is 5.69 Å². The van der Waals surface area contributed by atoms with Crippen molar-refractivity contribution < 1.29 is 14.5 Å². The van der Waals surface area contributed by atoms with Crippen molar-refractivity contribution >= 4 is 23.5 Å². The summed E-state index contributed by atoms with van der Waals surface area (Å²) in [5.41, 5.74) is 2.31. The van der Waals surface area contributed by atoms with Gasteiger partial charge in [0, 0.05) is 12.3 Å². The number of aryl methyl sites for hydroxylation is 1. The van der Waals surface area contributed by atoms with Crippen LogP contribution in [0.5, 0.6) is 5.75 Å². The molecule has 24 heavy (non-hydrogen) atoms. The summed E-state index contributed by atoms with van der Waals surface area (Å²) in [7, 11) is 1.38. The van der Waals surface area contributed by atoms with Gasteiger partial charge < -0.3 is 15.4 Å². The molecule has 124 valence electrons. The third-order valence-corrected chi connectivity index (χ3v) is 3.31. The predicted molar refractivity (Wildman–Crippen MR) is 92.0 cm³/mol. The minimum absolute atomic E-state index is 0.114. The van der Waals surface area contributed by atoms with Gasteiger partial charge in [0.1, 0.15) is 5.75 Å². The Hall–Kier alpha value is -3.35. The molecule has 2 aromatic carbocycles. The van der Waals surface area contributed by atoms with Gasteiger partial charge in [-0.05, 0) is 30.2 Å². The van der Waals surface area contributed by atoms with Gasteiger partial charge in [-0.3, -0.25) is 10.1 Å². The van der Waals surface area contributed by atoms with Gasteiger partial charge >= 0.3 is 6.03 Å². The van der Waals surface area contributed by atoms with E-state index in [9.17, 15) is 14.9 Å². The topological polar surface area (TPSA) is 93.5 Å². The average molecular weight is 327 g/mol. The van der Waals surface area contributed by atoms with Gasteiger partial charge in [-0.2, -0.15) is 0 Å². The number of ether oxygens (including phenoxy) is 1. The molecule has 0 saturated carbocycles. The molecule has 0 heterocycles. The molecule has 2 amide bonds. The first kappa shape index (κ1) is 17.0. The summed E-state index contributed by atoms with van der Waals surface area (Å²) in [6.07, 6.45) is 3.30. The molecule has 0 aliphatic rings. The molecule has 0 fully saturated rings. The van der Waals surface area contributed by atoms with E-state index in [2.05, 4.69) is 10.6 Å². The molecular formula is C17H17N3O4. The first-order valence-electron chi connectivity index (χ1n) is 7.13. The van der Waals surface area contributed by atoms with E-state index in [0.717, 1.165) is 11.1 Å². The van der Waals surface area contributed by atoms with Gasteiger partial charge in [-0.25, -0.2) is 4.79 Å². The van der Waals surface area contributed by atoms with Crippen LogP contribution in [-0.2, 0) is 0 Å². The number of nitro benzene ring substituents is 1. The molecular weight excluding hydrogens is 310 g/mol. The highest BCUT2D eigenvalue weighted by Crippen LogP contribution is 2.28. The third kappa shape index (κ3) is 4.33. The Morgan fingerprint density at radius 1 is 1.25 bits per heavy atom. The number of nitro groups is 1. The maximum atomic E-state index is 11.9. The van der Waals surface area contributed by atoms with E-state index in [1.807, 2.05) is 31.2 Å². The predicted octanol–water partition coefficient (Wildman–Crippen LogP) is 3.70. The lowest BCUT2D eigenvalue weighted by atomic mass is 10.1. The van der Waals surface area contributed by atoms with Crippen LogP contribution < -0.4 is 15.4 Å². The number of rotatable bonds is 5. The normalized spacial score (nSPS) is 10.4. The van der Waals surface area contributed by atoms with Gasteiger partial charge in [0.2, 0.25) is 0 Å². The third-order valence-electron chi connectivity index (χ3n) is 3.31. The monoisotopic (exact) mass is 327 g/mol. The molecule has 7 heteroatoms. The summed E-state index contributed by atoms with van der Waals surface area (Å²) in [6.45, 7) is 1.97. The number of anilines is 1. The molecule has 0 saturated heterocycles. The van der Waals surface area contributed by atoms with Crippen molar-refractivity contribution in [2.45, 2.75) is 6.92 Å². The Morgan fingerprint density at radius 2 is 2.00 bits per heavy atom. The summed E-state index contributed by atoms with van der Waals surface area (Å²) < 4.78 is 5.06. The first-order valence-corrected chi connectivity index (χ1v) is 7.13. The second-order valence-corrected chi connectivity index (χ2v) is 4.93. The minimum Gasteiger partial charge on any atom is -0.494 e. The van der Waals surface area contributed by atoms with E-state index < -0.39 is 11.0 Å². The molecule has 0 radical (unpaired) electrons. The van der Waals surface area contributed by atoms with Gasteiger partial charge in [0.25, 0.3) is 5.69 Å². The van der Waals surface area contributed by atoms with Crippen LogP contribution in [0.1, 0.15) is 11.1 Å². The van der Waals surface area contributed by atoms with E-state index in [-0.39, 0.29) is 11.4 Å². The fourth-order valence-electron chi connectivity index (χ4n) is 2.04. The van der Waals surface area contributed by atoms with Crippen molar-refractivity contribution in [2.75, 3.05) is 12.4 Å². The number of non-ortho nitro benzene ring substituents is 1. The first-order chi connectivity index (χ1) is 11.5. The summed E-state index contributed by atoms with van der Waals surface area (Å²) in [5, 5.41) is 15.9. The molecule has 2 N–H and O–H groups in total. The highest BCUT2D eigenvalue weighted by atomic mass is 16.6. The fourth-order valence-corrected chi connectivity index (χ4v) is 2.04. The summed E-state index contributed by atoms with van der Waals surface area (Å²) in [4.78, 5) is 22.1. The van der Waals surface area contributed by atoms with Crippen LogP contribution in [0.15, 0.2) is 48.7 Å². The van der Waals surface area contributed by atoms with E-state index in [4.69, 9.17) is 4.74 Å². The molecule has 7 nitrogen and oxygen atoms in total. The molecule has 0 aliphatic heterocycles. The van der Waals surface area contributed by atoms with Crippen molar-refractivity contribution in [2.24, 2.45) is 0 Å². The minimum atomic E-state index is -0.530. The van der Waals surface area contributed by atoms with Crippen LogP contribution in [0.25, 0.3) is 6.08 Å². The lowest BCUT2D eigenvalue weighted by molar-refractivity contribution is -0.384. The molecule has 2 rings (SSSR count). The number of urea groups is 1. The number of nitrogens with one attached hydrogen (secondary N) is 2. The second kappa shape index (κ2) is 7.77. The molecule has 2 aromatic rings. The number of amides is 2. The van der Waals surface area contributed by atoms with E-state index >= 15 is 0 Å².